The van der Waals surface area contributed by atoms with Crippen molar-refractivity contribution in [2.75, 3.05) is 18.1 Å². The summed E-state index contributed by atoms with van der Waals surface area (Å²) in [6.45, 7) is 0.157. The van der Waals surface area contributed by atoms with Crippen LogP contribution in [0.5, 0.6) is 0 Å². The second-order valence-corrected chi connectivity index (χ2v) is 12.0. The lowest BCUT2D eigenvalue weighted by Crippen LogP contribution is -2.50. The van der Waals surface area contributed by atoms with Crippen molar-refractivity contribution >= 4 is 11.6 Å². The van der Waals surface area contributed by atoms with Gasteiger partial charge < -0.3 is 14.2 Å². The predicted molar refractivity (Wildman–Crippen MR) is 142 cm³/mol. The van der Waals surface area contributed by atoms with Crippen molar-refractivity contribution in [3.63, 3.8) is 0 Å². The molecule has 0 N–H and O–H groups in total. The van der Waals surface area contributed by atoms with Crippen molar-refractivity contribution < 1.29 is 31.5 Å². The second-order valence-electron chi connectivity index (χ2n) is 12.0. The van der Waals surface area contributed by atoms with Gasteiger partial charge in [0, 0.05) is 36.9 Å². The largest absolute Gasteiger partial charge is 0.416 e. The maximum Gasteiger partial charge on any atom is 0.416 e. The molecule has 12 heteroatoms. The molecule has 7 nitrogen and oxygen atoms in total. The van der Waals surface area contributed by atoms with Gasteiger partial charge in [-0.05, 0) is 66.6 Å². The number of aryl methyl sites for hydroxylation is 1. The Balaban J connectivity index is 1.21. The van der Waals surface area contributed by atoms with E-state index in [0.717, 1.165) is 18.9 Å². The number of anilines is 1. The molecule has 0 spiro atoms. The molecule has 4 atom stereocenters. The van der Waals surface area contributed by atoms with Gasteiger partial charge in [0.05, 0.1) is 30.7 Å². The molecule has 3 aromatic rings. The molecular weight excluding hydrogens is 557 g/mol. The minimum atomic E-state index is -4.66. The van der Waals surface area contributed by atoms with Crippen LogP contribution in [-0.4, -0.2) is 57.0 Å². The van der Waals surface area contributed by atoms with Crippen LogP contribution in [0.15, 0.2) is 42.7 Å². The van der Waals surface area contributed by atoms with Crippen molar-refractivity contribution in [3.05, 3.63) is 76.4 Å². The Hall–Kier alpha value is -3.38. The number of hydrogen-bond donors (Lipinski definition) is 0. The highest BCUT2D eigenvalue weighted by molar-refractivity contribution is 6.10. The molecule has 0 radical (unpaired) electrons. The van der Waals surface area contributed by atoms with Gasteiger partial charge in [0.1, 0.15) is 12.5 Å². The lowest BCUT2D eigenvalue weighted by Gasteiger charge is -2.43. The lowest BCUT2D eigenvalue weighted by molar-refractivity contribution is -0.138. The molecule has 3 saturated heterocycles. The van der Waals surface area contributed by atoms with Crippen molar-refractivity contribution in [1.82, 2.24) is 19.7 Å². The van der Waals surface area contributed by atoms with Gasteiger partial charge >= 0.3 is 6.18 Å². The van der Waals surface area contributed by atoms with Gasteiger partial charge in [-0.2, -0.15) is 13.2 Å². The number of amides is 1. The first-order valence-electron chi connectivity index (χ1n) is 14.2. The Kier molecular flexibility index (Phi) is 6.43. The van der Waals surface area contributed by atoms with E-state index in [9.17, 15) is 22.4 Å². The van der Waals surface area contributed by atoms with Crippen LogP contribution in [0.4, 0.5) is 27.6 Å². The molecule has 1 aromatic heterocycles. The van der Waals surface area contributed by atoms with Gasteiger partial charge in [-0.15, -0.1) is 10.2 Å². The molecule has 2 aromatic carbocycles. The van der Waals surface area contributed by atoms with E-state index in [1.165, 1.54) is 15.8 Å². The molecule has 4 aliphatic rings. The highest BCUT2D eigenvalue weighted by Crippen LogP contribution is 2.47. The molecule has 0 saturated carbocycles. The first kappa shape index (κ1) is 27.5. The fourth-order valence-corrected chi connectivity index (χ4v) is 7.23. The van der Waals surface area contributed by atoms with E-state index in [1.54, 1.807) is 37.4 Å². The first-order valence-corrected chi connectivity index (χ1v) is 14.2. The fourth-order valence-electron chi connectivity index (χ4n) is 7.23. The quantitative estimate of drug-likeness (QED) is 0.360. The predicted octanol–water partition coefficient (Wildman–Crippen LogP) is 5.44. The number of rotatable bonds is 6. The third-order valence-corrected chi connectivity index (χ3v) is 9.51. The summed E-state index contributed by atoms with van der Waals surface area (Å²) in [6, 6.07) is 9.40. The molecule has 42 heavy (non-hydrogen) atoms. The average Bonchev–Trinajstić information content (AvgIpc) is 3.56. The number of hydrogen-bond acceptors (Lipinski definition) is 5. The highest BCUT2D eigenvalue weighted by Gasteiger charge is 2.51. The van der Waals surface area contributed by atoms with Crippen LogP contribution in [0.3, 0.4) is 0 Å². The number of halogens is 5. The number of aromatic nitrogens is 3. The lowest BCUT2D eigenvalue weighted by atomic mass is 9.74. The Labute approximate surface area is 239 Å². The third kappa shape index (κ3) is 4.33. The number of carbonyl (C=O) groups is 1. The monoisotopic (exact) mass is 587 g/mol. The number of carbonyl (C=O) groups excluding carboxylic acids is 1. The summed E-state index contributed by atoms with van der Waals surface area (Å²) in [5.41, 5.74) is -0.614. The summed E-state index contributed by atoms with van der Waals surface area (Å²) < 4.78 is 79.9. The van der Waals surface area contributed by atoms with Gasteiger partial charge in [-0.1, -0.05) is 12.1 Å². The Morgan fingerprint density at radius 1 is 1.12 bits per heavy atom. The zero-order chi connectivity index (χ0) is 29.4. The zero-order valence-corrected chi connectivity index (χ0v) is 23.0. The average molecular weight is 588 g/mol. The van der Waals surface area contributed by atoms with Gasteiger partial charge in [0.2, 0.25) is 0 Å². The topological polar surface area (TPSA) is 63.5 Å². The van der Waals surface area contributed by atoms with Crippen molar-refractivity contribution in [3.8, 4) is 0 Å². The Morgan fingerprint density at radius 2 is 1.86 bits per heavy atom. The van der Waals surface area contributed by atoms with Gasteiger partial charge in [-0.25, -0.2) is 8.78 Å². The Morgan fingerprint density at radius 3 is 2.48 bits per heavy atom. The van der Waals surface area contributed by atoms with Crippen LogP contribution in [-0.2, 0) is 36.5 Å². The maximum absolute atomic E-state index is 15.9. The van der Waals surface area contributed by atoms with E-state index in [1.807, 2.05) is 0 Å². The summed E-state index contributed by atoms with van der Waals surface area (Å²) in [7, 11) is 1.64. The second kappa shape index (κ2) is 9.84. The normalized spacial score (nSPS) is 25.9. The summed E-state index contributed by atoms with van der Waals surface area (Å²) in [4.78, 5) is 17.1. The number of ether oxygens (including phenoxy) is 1. The molecular formula is C30H30F5N5O2. The summed E-state index contributed by atoms with van der Waals surface area (Å²) in [5.74, 6) is -0.399. The van der Waals surface area contributed by atoms with Gasteiger partial charge in [0.25, 0.3) is 5.91 Å². The van der Waals surface area contributed by atoms with Crippen molar-refractivity contribution in [2.24, 2.45) is 7.05 Å². The summed E-state index contributed by atoms with van der Waals surface area (Å²) in [6.07, 6.45) is -3.24. The molecule has 0 aliphatic carbocycles. The van der Waals surface area contributed by atoms with E-state index in [-0.39, 0.29) is 55.3 Å². The minimum Gasteiger partial charge on any atom is -0.379 e. The number of piperidine rings is 1. The van der Waals surface area contributed by atoms with Gasteiger partial charge in [0.15, 0.2) is 12.0 Å². The standard InChI is InChI=1S/C30H30F5N5O2/c1-38-16-36-37-27(38)26(32)29(14-42-15-29)18-3-2-4-20(9-18)40-13-24-23(28(40)41)7-17(8-25(24)30(33,34)35)12-39-21-5-6-22(39)11-19(31)10-21/h2-4,7-9,16,19,21-22,26H,5-6,10-15H2,1H3/t19?,21-,22+,26-/m1/s1. The summed E-state index contributed by atoms with van der Waals surface area (Å²) >= 11 is 0. The number of fused-ring (bicyclic) bond motifs is 3. The summed E-state index contributed by atoms with van der Waals surface area (Å²) in [5, 5.41) is 7.69. The van der Waals surface area contributed by atoms with Crippen molar-refractivity contribution in [1.29, 1.82) is 0 Å². The van der Waals surface area contributed by atoms with Crippen molar-refractivity contribution in [2.45, 2.75) is 74.8 Å². The molecule has 222 valence electrons. The molecule has 4 aliphatic heterocycles. The molecule has 5 heterocycles. The maximum atomic E-state index is 15.9. The molecule has 3 fully saturated rings. The highest BCUT2D eigenvalue weighted by atomic mass is 19.4. The first-order chi connectivity index (χ1) is 20.0. The van der Waals surface area contributed by atoms with Crippen LogP contribution in [0.2, 0.25) is 0 Å². The van der Waals surface area contributed by atoms with Crippen LogP contribution in [0.1, 0.15) is 70.3 Å². The minimum absolute atomic E-state index is 0.0000336. The van der Waals surface area contributed by atoms with E-state index < -0.39 is 35.4 Å². The number of nitrogens with zero attached hydrogens (tertiary/aromatic N) is 5. The number of alkyl halides is 5. The third-order valence-electron chi connectivity index (χ3n) is 9.51. The number of benzene rings is 2. The SMILES string of the molecule is Cn1cnnc1[C@@H](F)C1(c2cccc(N3Cc4c(cc(CN5[C@@H]6CC[C@H]5CC(F)C6)cc4C(F)(F)F)C3=O)c2)COC1. The zero-order valence-electron chi connectivity index (χ0n) is 23.0. The van der Waals surface area contributed by atoms with Crippen LogP contribution in [0.25, 0.3) is 0 Å². The smallest absolute Gasteiger partial charge is 0.379 e. The molecule has 7 rings (SSSR count). The fraction of sp³-hybridized carbons (Fsp3) is 0.500. The molecule has 1 unspecified atom stereocenters. The van der Waals surface area contributed by atoms with E-state index >= 15 is 4.39 Å². The molecule has 2 bridgehead atoms. The van der Waals surface area contributed by atoms with Crippen LogP contribution >= 0.6 is 0 Å². The van der Waals surface area contributed by atoms with Crippen LogP contribution < -0.4 is 4.90 Å². The van der Waals surface area contributed by atoms with E-state index in [4.69, 9.17) is 4.74 Å². The molecule has 1 amide bonds. The van der Waals surface area contributed by atoms with E-state index in [0.29, 0.717) is 29.7 Å². The van der Waals surface area contributed by atoms with E-state index in [2.05, 4.69) is 15.1 Å². The Bertz CT molecular complexity index is 1520. The van der Waals surface area contributed by atoms with Crippen LogP contribution in [0, 0.1) is 0 Å². The van der Waals surface area contributed by atoms with Gasteiger partial charge in [-0.3, -0.25) is 9.69 Å².